The Morgan fingerprint density at radius 2 is 1.75 bits per heavy atom. The van der Waals surface area contributed by atoms with E-state index < -0.39 is 17.2 Å². The molecule has 0 radical (unpaired) electrons. The molecule has 2 aromatic rings. The third-order valence-electron chi connectivity index (χ3n) is 5.85. The predicted octanol–water partition coefficient (Wildman–Crippen LogP) is 2.01. The van der Waals surface area contributed by atoms with Crippen LogP contribution in [0.1, 0.15) is 5.56 Å². The average Bonchev–Trinajstić information content (AvgIpc) is 3.00. The van der Waals surface area contributed by atoms with Crippen LogP contribution in [-0.4, -0.2) is 105 Å². The highest BCUT2D eigenvalue weighted by Gasteiger charge is 2.37. The first-order valence-corrected chi connectivity index (χ1v) is 11.8. The third-order valence-corrected chi connectivity index (χ3v) is 5.85. The van der Waals surface area contributed by atoms with Gasteiger partial charge < -0.3 is 29.1 Å². The number of aliphatic hydroxyl groups is 1. The molecule has 198 valence electrons. The quantitative estimate of drug-likeness (QED) is 0.499. The van der Waals surface area contributed by atoms with Gasteiger partial charge in [-0.15, -0.1) is 0 Å². The van der Waals surface area contributed by atoms with E-state index in [4.69, 9.17) is 14.2 Å². The van der Waals surface area contributed by atoms with Crippen molar-refractivity contribution in [2.45, 2.75) is 12.1 Å². The second-order valence-corrected chi connectivity index (χ2v) is 9.34. The highest BCUT2D eigenvalue weighted by molar-refractivity contribution is 5.77. The van der Waals surface area contributed by atoms with Gasteiger partial charge in [-0.05, 0) is 43.9 Å². The molecule has 1 saturated heterocycles. The summed E-state index contributed by atoms with van der Waals surface area (Å²) < 4.78 is 43.2. The maximum atomic E-state index is 13.6. The first-order chi connectivity index (χ1) is 17.2. The van der Waals surface area contributed by atoms with Crippen LogP contribution < -0.4 is 9.47 Å². The molecule has 8 nitrogen and oxygen atoms in total. The smallest absolute Gasteiger partial charge is 0.248 e. The molecule has 0 unspecified atom stereocenters. The van der Waals surface area contributed by atoms with Gasteiger partial charge in [0.1, 0.15) is 36.9 Å². The summed E-state index contributed by atoms with van der Waals surface area (Å²) in [4.78, 5) is 18.2. The SMILES string of the molecule is COCC(=O)N1CCN(Cc2ccc(OCCN(C)C)cc2)C[C@](O)(COc2ccc(F)c(F)c2)C1. The number of hydrogen-bond donors (Lipinski definition) is 1. The summed E-state index contributed by atoms with van der Waals surface area (Å²) in [5.74, 6) is -1.38. The van der Waals surface area contributed by atoms with Crippen molar-refractivity contribution in [2.75, 3.05) is 73.7 Å². The second kappa shape index (κ2) is 13.0. The molecule has 0 spiro atoms. The van der Waals surface area contributed by atoms with Gasteiger partial charge in [0.05, 0.1) is 6.54 Å². The molecule has 0 saturated carbocycles. The van der Waals surface area contributed by atoms with Crippen molar-refractivity contribution < 1.29 is 32.9 Å². The van der Waals surface area contributed by atoms with E-state index in [-0.39, 0.29) is 38.0 Å². The number of likely N-dealkylation sites (N-methyl/N-ethyl adjacent to an activating group) is 1. The molecular weight excluding hydrogens is 472 g/mol. The molecule has 1 amide bonds. The number of amides is 1. The maximum absolute atomic E-state index is 13.6. The predicted molar refractivity (Wildman–Crippen MR) is 131 cm³/mol. The topological polar surface area (TPSA) is 74.7 Å². The minimum Gasteiger partial charge on any atom is -0.492 e. The Balaban J connectivity index is 1.68. The molecule has 0 aliphatic carbocycles. The highest BCUT2D eigenvalue weighted by atomic mass is 19.2. The van der Waals surface area contributed by atoms with Crippen LogP contribution in [0, 0.1) is 11.6 Å². The lowest BCUT2D eigenvalue weighted by atomic mass is 10.0. The van der Waals surface area contributed by atoms with Gasteiger partial charge in [0.2, 0.25) is 5.91 Å². The van der Waals surface area contributed by atoms with Crippen LogP contribution >= 0.6 is 0 Å². The van der Waals surface area contributed by atoms with Crippen LogP contribution in [0.3, 0.4) is 0 Å². The Kier molecular flexibility index (Phi) is 10.0. The molecule has 0 aromatic heterocycles. The van der Waals surface area contributed by atoms with Crippen LogP contribution in [0.25, 0.3) is 0 Å². The van der Waals surface area contributed by atoms with Gasteiger partial charge in [0, 0.05) is 45.9 Å². The standard InChI is InChI=1S/C26H35F2N3O5/c1-29(2)12-13-35-21-6-4-20(5-7-21)15-30-10-11-31(25(32)16-34-3)18-26(33,17-30)19-36-22-8-9-23(27)24(28)14-22/h4-9,14,33H,10-13,15-19H2,1-3H3/t26-/m1/s1. The highest BCUT2D eigenvalue weighted by Crippen LogP contribution is 2.22. The van der Waals surface area contributed by atoms with Crippen LogP contribution in [0.4, 0.5) is 8.78 Å². The fourth-order valence-electron chi connectivity index (χ4n) is 3.98. The maximum Gasteiger partial charge on any atom is 0.248 e. The lowest BCUT2D eigenvalue weighted by Gasteiger charge is -2.33. The van der Waals surface area contributed by atoms with Crippen LogP contribution in [-0.2, 0) is 16.1 Å². The number of β-amino-alcohol motifs (C(OH)–C–C–N with tert-alkyl or cyclic N) is 1. The molecule has 1 heterocycles. The molecule has 1 aliphatic rings. The van der Waals surface area contributed by atoms with Crippen LogP contribution in [0.2, 0.25) is 0 Å². The van der Waals surface area contributed by atoms with Crippen molar-refractivity contribution >= 4 is 5.91 Å². The van der Waals surface area contributed by atoms with E-state index in [0.717, 1.165) is 30.0 Å². The van der Waals surface area contributed by atoms with Gasteiger partial charge in [-0.1, -0.05) is 12.1 Å². The largest absolute Gasteiger partial charge is 0.492 e. The monoisotopic (exact) mass is 507 g/mol. The zero-order valence-electron chi connectivity index (χ0n) is 21.1. The fourth-order valence-corrected chi connectivity index (χ4v) is 3.98. The normalized spacial score (nSPS) is 18.8. The molecule has 1 atom stereocenters. The summed E-state index contributed by atoms with van der Waals surface area (Å²) in [6.07, 6.45) is 0. The third kappa shape index (κ3) is 8.41. The summed E-state index contributed by atoms with van der Waals surface area (Å²) in [7, 11) is 5.41. The number of nitrogens with zero attached hydrogens (tertiary/aromatic N) is 3. The molecule has 1 aliphatic heterocycles. The molecule has 1 fully saturated rings. The summed E-state index contributed by atoms with van der Waals surface area (Å²) in [6.45, 7) is 2.82. The summed E-state index contributed by atoms with van der Waals surface area (Å²) in [5, 5.41) is 11.5. The number of methoxy groups -OCH3 is 1. The van der Waals surface area contributed by atoms with E-state index >= 15 is 0 Å². The number of hydrogen-bond acceptors (Lipinski definition) is 7. The lowest BCUT2D eigenvalue weighted by Crippen LogP contribution is -2.52. The van der Waals surface area contributed by atoms with Crippen molar-refractivity contribution in [1.29, 1.82) is 0 Å². The van der Waals surface area contributed by atoms with Gasteiger partial charge in [-0.25, -0.2) is 8.78 Å². The van der Waals surface area contributed by atoms with E-state index in [1.54, 1.807) is 4.90 Å². The van der Waals surface area contributed by atoms with Gasteiger partial charge in [-0.3, -0.25) is 9.69 Å². The Morgan fingerprint density at radius 3 is 2.42 bits per heavy atom. The van der Waals surface area contributed by atoms with Crippen molar-refractivity contribution in [3.8, 4) is 11.5 Å². The fraction of sp³-hybridized carbons (Fsp3) is 0.500. The molecule has 2 aromatic carbocycles. The molecule has 1 N–H and O–H groups in total. The molecule has 0 bridgehead atoms. The minimum absolute atomic E-state index is 0.0218. The first kappa shape index (κ1) is 27.8. The number of benzene rings is 2. The molecule has 36 heavy (non-hydrogen) atoms. The number of rotatable bonds is 11. The second-order valence-electron chi connectivity index (χ2n) is 9.34. The molecule has 10 heteroatoms. The van der Waals surface area contributed by atoms with E-state index in [1.807, 2.05) is 48.2 Å². The Labute approximate surface area is 210 Å². The Morgan fingerprint density at radius 1 is 1.03 bits per heavy atom. The van der Waals surface area contributed by atoms with Crippen molar-refractivity contribution in [3.05, 3.63) is 59.7 Å². The Hall–Kier alpha value is -2.79. The number of ether oxygens (including phenoxy) is 3. The number of carbonyl (C=O) groups excluding carboxylic acids is 1. The van der Waals surface area contributed by atoms with Gasteiger partial charge in [0.25, 0.3) is 0 Å². The Bertz CT molecular complexity index is 992. The summed E-state index contributed by atoms with van der Waals surface area (Å²) >= 11 is 0. The first-order valence-electron chi connectivity index (χ1n) is 11.8. The van der Waals surface area contributed by atoms with Gasteiger partial charge in [0.15, 0.2) is 11.6 Å². The average molecular weight is 508 g/mol. The molecular formula is C26H35F2N3O5. The summed E-state index contributed by atoms with van der Waals surface area (Å²) in [6, 6.07) is 11.0. The van der Waals surface area contributed by atoms with Crippen molar-refractivity contribution in [1.82, 2.24) is 14.7 Å². The number of halogens is 2. The minimum atomic E-state index is -1.44. The van der Waals surface area contributed by atoms with Gasteiger partial charge >= 0.3 is 0 Å². The molecule has 3 rings (SSSR count). The zero-order valence-corrected chi connectivity index (χ0v) is 21.1. The van der Waals surface area contributed by atoms with Gasteiger partial charge in [-0.2, -0.15) is 0 Å². The summed E-state index contributed by atoms with van der Waals surface area (Å²) in [5.41, 5.74) is -0.421. The van der Waals surface area contributed by atoms with E-state index in [9.17, 15) is 18.7 Å². The van der Waals surface area contributed by atoms with E-state index in [1.165, 1.54) is 13.2 Å². The van der Waals surface area contributed by atoms with Crippen LogP contribution in [0.5, 0.6) is 11.5 Å². The number of carbonyl (C=O) groups is 1. The van der Waals surface area contributed by atoms with Crippen molar-refractivity contribution in [3.63, 3.8) is 0 Å². The zero-order chi connectivity index (χ0) is 26.1. The van der Waals surface area contributed by atoms with Crippen LogP contribution in [0.15, 0.2) is 42.5 Å². The van der Waals surface area contributed by atoms with Crippen molar-refractivity contribution in [2.24, 2.45) is 0 Å². The van der Waals surface area contributed by atoms with E-state index in [2.05, 4.69) is 0 Å². The van der Waals surface area contributed by atoms with E-state index in [0.29, 0.717) is 26.2 Å². The lowest BCUT2D eigenvalue weighted by molar-refractivity contribution is -0.138.